The van der Waals surface area contributed by atoms with Crippen LogP contribution in [0.25, 0.3) is 0 Å². The smallest absolute Gasteiger partial charge is 0.407 e. The second-order valence-corrected chi connectivity index (χ2v) is 6.61. The summed E-state index contributed by atoms with van der Waals surface area (Å²) in [6.07, 6.45) is -2.30. The molecule has 1 rings (SSSR count). The molecule has 6 heteroatoms. The molecule has 0 saturated heterocycles. The zero-order chi connectivity index (χ0) is 16.0. The fraction of sp³-hybridized carbons (Fsp3) is 0.533. The van der Waals surface area contributed by atoms with Crippen molar-refractivity contribution in [3.63, 3.8) is 0 Å². The van der Waals surface area contributed by atoms with Crippen LogP contribution in [0.1, 0.15) is 38.9 Å². The predicted molar refractivity (Wildman–Crippen MR) is 84.0 cm³/mol. The maximum atomic E-state index is 11.4. The lowest BCUT2D eigenvalue weighted by atomic mass is 10.0. The van der Waals surface area contributed by atoms with Crippen LogP contribution in [0.4, 0.5) is 4.79 Å². The van der Waals surface area contributed by atoms with Gasteiger partial charge in [-0.3, -0.25) is 0 Å². The van der Waals surface area contributed by atoms with E-state index in [9.17, 15) is 15.0 Å². The Bertz CT molecular complexity index is 473. The minimum absolute atomic E-state index is 0.220. The van der Waals surface area contributed by atoms with Gasteiger partial charge in [0.25, 0.3) is 0 Å². The van der Waals surface area contributed by atoms with Crippen molar-refractivity contribution in [3.05, 3.63) is 34.3 Å². The van der Waals surface area contributed by atoms with Crippen LogP contribution in [0.15, 0.2) is 28.7 Å². The van der Waals surface area contributed by atoms with Crippen LogP contribution >= 0.6 is 15.9 Å². The van der Waals surface area contributed by atoms with Crippen LogP contribution in [0.5, 0.6) is 0 Å². The number of hydrogen-bond acceptors (Lipinski definition) is 4. The van der Waals surface area contributed by atoms with E-state index < -0.39 is 23.9 Å². The molecule has 0 bridgehead atoms. The number of aliphatic hydroxyl groups is 2. The van der Waals surface area contributed by atoms with Gasteiger partial charge in [0.2, 0.25) is 0 Å². The highest BCUT2D eigenvalue weighted by Crippen LogP contribution is 2.26. The molecule has 2 unspecified atom stereocenters. The number of halogens is 1. The molecule has 0 aliphatic heterocycles. The fourth-order valence-corrected chi connectivity index (χ4v) is 2.24. The van der Waals surface area contributed by atoms with Crippen LogP contribution in [-0.4, -0.2) is 34.6 Å². The van der Waals surface area contributed by atoms with Crippen LogP contribution < -0.4 is 5.32 Å². The number of carbonyl (C=O) groups excluding carboxylic acids is 1. The number of aliphatic hydroxyl groups excluding tert-OH is 2. The van der Waals surface area contributed by atoms with E-state index in [0.29, 0.717) is 5.56 Å². The van der Waals surface area contributed by atoms with E-state index in [1.54, 1.807) is 39.0 Å². The van der Waals surface area contributed by atoms with Gasteiger partial charge in [0.1, 0.15) is 11.7 Å². The summed E-state index contributed by atoms with van der Waals surface area (Å²) < 4.78 is 5.82. The first-order valence-electron chi connectivity index (χ1n) is 6.78. The molecule has 0 heterocycles. The zero-order valence-corrected chi connectivity index (χ0v) is 14.1. The topological polar surface area (TPSA) is 78.8 Å². The summed E-state index contributed by atoms with van der Waals surface area (Å²) in [5, 5.41) is 22.6. The molecule has 118 valence electrons. The highest BCUT2D eigenvalue weighted by molar-refractivity contribution is 9.10. The van der Waals surface area contributed by atoms with Gasteiger partial charge in [-0.25, -0.2) is 4.79 Å². The van der Waals surface area contributed by atoms with Crippen LogP contribution in [0.2, 0.25) is 0 Å². The van der Waals surface area contributed by atoms with Gasteiger partial charge in [0.15, 0.2) is 0 Å². The van der Waals surface area contributed by atoms with Crippen molar-refractivity contribution in [2.24, 2.45) is 0 Å². The minimum atomic E-state index is -1.01. The van der Waals surface area contributed by atoms with Crippen molar-refractivity contribution in [2.75, 3.05) is 6.54 Å². The number of carbonyl (C=O) groups is 1. The summed E-state index contributed by atoms with van der Waals surface area (Å²) in [4.78, 5) is 11.4. The molecule has 0 aliphatic rings. The second kappa shape index (κ2) is 7.77. The standard InChI is InChI=1S/C15H22BrNO4/c1-15(2,3)21-14(20)17-9-8-12(18)13(19)10-6-4-5-7-11(10)16/h4-7,12-13,18-19H,8-9H2,1-3H3,(H,17,20). The van der Waals surface area contributed by atoms with E-state index in [-0.39, 0.29) is 13.0 Å². The first-order chi connectivity index (χ1) is 9.70. The van der Waals surface area contributed by atoms with Gasteiger partial charge in [-0.15, -0.1) is 0 Å². The summed E-state index contributed by atoms with van der Waals surface area (Å²) >= 11 is 3.33. The van der Waals surface area contributed by atoms with E-state index in [1.807, 2.05) is 6.07 Å². The average molecular weight is 360 g/mol. The first-order valence-corrected chi connectivity index (χ1v) is 7.57. The maximum Gasteiger partial charge on any atom is 0.407 e. The molecular weight excluding hydrogens is 338 g/mol. The normalized spacial score (nSPS) is 14.4. The van der Waals surface area contributed by atoms with Crippen molar-refractivity contribution in [1.29, 1.82) is 0 Å². The Balaban J connectivity index is 2.42. The number of ether oxygens (including phenoxy) is 1. The number of rotatable bonds is 5. The van der Waals surface area contributed by atoms with Gasteiger partial charge < -0.3 is 20.3 Å². The molecule has 0 spiro atoms. The van der Waals surface area contributed by atoms with Gasteiger partial charge in [-0.1, -0.05) is 34.1 Å². The molecule has 2 atom stereocenters. The number of benzene rings is 1. The van der Waals surface area contributed by atoms with E-state index in [4.69, 9.17) is 4.74 Å². The summed E-state index contributed by atoms with van der Waals surface area (Å²) in [6.45, 7) is 5.55. The highest BCUT2D eigenvalue weighted by atomic mass is 79.9. The molecule has 3 N–H and O–H groups in total. The molecule has 0 fully saturated rings. The minimum Gasteiger partial charge on any atom is -0.444 e. The summed E-state index contributed by atoms with van der Waals surface area (Å²) in [7, 11) is 0. The molecule has 5 nitrogen and oxygen atoms in total. The third kappa shape index (κ3) is 6.46. The molecule has 1 amide bonds. The average Bonchev–Trinajstić information content (AvgIpc) is 2.36. The van der Waals surface area contributed by atoms with Gasteiger partial charge in [-0.2, -0.15) is 0 Å². The van der Waals surface area contributed by atoms with Crippen molar-refractivity contribution in [1.82, 2.24) is 5.32 Å². The molecular formula is C15H22BrNO4. The molecule has 0 saturated carbocycles. The quantitative estimate of drug-likeness (QED) is 0.755. The maximum absolute atomic E-state index is 11.4. The Morgan fingerprint density at radius 1 is 1.33 bits per heavy atom. The highest BCUT2D eigenvalue weighted by Gasteiger charge is 2.21. The largest absolute Gasteiger partial charge is 0.444 e. The third-order valence-electron chi connectivity index (χ3n) is 2.70. The van der Waals surface area contributed by atoms with Gasteiger partial charge in [0.05, 0.1) is 6.10 Å². The zero-order valence-electron chi connectivity index (χ0n) is 12.5. The lowest BCUT2D eigenvalue weighted by molar-refractivity contribution is 0.0119. The van der Waals surface area contributed by atoms with Gasteiger partial charge >= 0.3 is 6.09 Å². The molecule has 0 radical (unpaired) electrons. The van der Waals surface area contributed by atoms with E-state index in [0.717, 1.165) is 4.47 Å². The summed E-state index contributed by atoms with van der Waals surface area (Å²) in [6, 6.07) is 7.15. The number of hydrogen-bond donors (Lipinski definition) is 3. The van der Waals surface area contributed by atoms with Crippen LogP contribution in [-0.2, 0) is 4.74 Å². The Kier molecular flexibility index (Phi) is 6.64. The van der Waals surface area contributed by atoms with E-state index in [2.05, 4.69) is 21.2 Å². The Labute approximate surface area is 133 Å². The molecule has 0 aliphatic carbocycles. The van der Waals surface area contributed by atoms with Gasteiger partial charge in [-0.05, 0) is 38.8 Å². The Morgan fingerprint density at radius 2 is 1.95 bits per heavy atom. The van der Waals surface area contributed by atoms with Crippen molar-refractivity contribution < 1.29 is 19.7 Å². The van der Waals surface area contributed by atoms with Crippen molar-refractivity contribution in [3.8, 4) is 0 Å². The number of amides is 1. The summed E-state index contributed by atoms with van der Waals surface area (Å²) in [5.41, 5.74) is 0.0548. The van der Waals surface area contributed by atoms with Crippen LogP contribution in [0.3, 0.4) is 0 Å². The number of nitrogens with one attached hydrogen (secondary N) is 1. The Hall–Kier alpha value is -1.11. The predicted octanol–water partition coefficient (Wildman–Crippen LogP) is 2.76. The Morgan fingerprint density at radius 3 is 2.52 bits per heavy atom. The monoisotopic (exact) mass is 359 g/mol. The van der Waals surface area contributed by atoms with Crippen LogP contribution in [0, 0.1) is 0 Å². The first kappa shape index (κ1) is 17.9. The molecule has 21 heavy (non-hydrogen) atoms. The molecule has 1 aromatic rings. The third-order valence-corrected chi connectivity index (χ3v) is 3.42. The van der Waals surface area contributed by atoms with E-state index in [1.165, 1.54) is 0 Å². The van der Waals surface area contributed by atoms with E-state index >= 15 is 0 Å². The lowest BCUT2D eigenvalue weighted by Gasteiger charge is -2.21. The van der Waals surface area contributed by atoms with Crippen molar-refractivity contribution >= 4 is 22.0 Å². The summed E-state index contributed by atoms with van der Waals surface area (Å²) in [5.74, 6) is 0. The van der Waals surface area contributed by atoms with Gasteiger partial charge in [0, 0.05) is 11.0 Å². The van der Waals surface area contributed by atoms with Crippen molar-refractivity contribution in [2.45, 2.75) is 45.0 Å². The molecule has 1 aromatic carbocycles. The number of alkyl carbamates (subject to hydrolysis) is 1. The fourth-order valence-electron chi connectivity index (χ4n) is 1.72. The SMILES string of the molecule is CC(C)(C)OC(=O)NCCC(O)C(O)c1ccccc1Br. The molecule has 0 aromatic heterocycles. The lowest BCUT2D eigenvalue weighted by Crippen LogP contribution is -2.34. The second-order valence-electron chi connectivity index (χ2n) is 5.75.